The minimum atomic E-state index is -0.234. The van der Waals surface area contributed by atoms with E-state index in [4.69, 9.17) is 5.73 Å². The van der Waals surface area contributed by atoms with Crippen LogP contribution in [-0.4, -0.2) is 5.54 Å². The quantitative estimate of drug-likeness (QED) is 0.784. The molecule has 1 atom stereocenters. The molecule has 1 aromatic rings. The molecule has 76 valence electrons. The van der Waals surface area contributed by atoms with Gasteiger partial charge in [-0.05, 0) is 43.7 Å². The van der Waals surface area contributed by atoms with Gasteiger partial charge in [0.05, 0.1) is 0 Å². The number of halogens is 1. The molecule has 1 saturated carbocycles. The van der Waals surface area contributed by atoms with Gasteiger partial charge in [0, 0.05) is 5.54 Å². The van der Waals surface area contributed by atoms with Gasteiger partial charge in [0.15, 0.2) is 0 Å². The first-order valence-corrected chi connectivity index (χ1v) is 5.12. The van der Waals surface area contributed by atoms with E-state index in [1.807, 2.05) is 19.1 Å². The largest absolute Gasteiger partial charge is 0.325 e. The van der Waals surface area contributed by atoms with Crippen molar-refractivity contribution >= 4 is 0 Å². The fraction of sp³-hybridized carbons (Fsp3) is 0.500. The van der Waals surface area contributed by atoms with Gasteiger partial charge in [0.25, 0.3) is 0 Å². The van der Waals surface area contributed by atoms with Crippen molar-refractivity contribution in [2.75, 3.05) is 0 Å². The molecule has 1 aliphatic carbocycles. The Hall–Kier alpha value is -0.890. The highest BCUT2D eigenvalue weighted by Gasteiger charge is 2.38. The Balaban J connectivity index is 2.13. The maximum absolute atomic E-state index is 13.3. The first-order valence-electron chi connectivity index (χ1n) is 5.12. The van der Waals surface area contributed by atoms with Crippen LogP contribution < -0.4 is 5.73 Å². The predicted molar refractivity (Wildman–Crippen MR) is 55.4 cm³/mol. The second kappa shape index (κ2) is 3.35. The molecule has 0 radical (unpaired) electrons. The lowest BCUT2D eigenvalue weighted by molar-refractivity contribution is 0.399. The van der Waals surface area contributed by atoms with Gasteiger partial charge in [-0.15, -0.1) is 0 Å². The van der Waals surface area contributed by atoms with E-state index in [0.717, 1.165) is 5.56 Å². The van der Waals surface area contributed by atoms with E-state index in [-0.39, 0.29) is 11.4 Å². The van der Waals surface area contributed by atoms with Crippen LogP contribution in [0.4, 0.5) is 4.39 Å². The standard InChI is InChI=1S/C12H16FN/c1-12(14,10-6-7-10)8-9-4-2-3-5-11(9)13/h2-5,10H,6-8,14H2,1H3. The molecule has 2 rings (SSSR count). The maximum Gasteiger partial charge on any atom is 0.126 e. The average molecular weight is 193 g/mol. The van der Waals surface area contributed by atoms with Crippen LogP contribution in [-0.2, 0) is 6.42 Å². The van der Waals surface area contributed by atoms with Gasteiger partial charge < -0.3 is 5.73 Å². The molecule has 1 aliphatic rings. The molecule has 14 heavy (non-hydrogen) atoms. The summed E-state index contributed by atoms with van der Waals surface area (Å²) >= 11 is 0. The van der Waals surface area contributed by atoms with Crippen molar-refractivity contribution in [1.82, 2.24) is 0 Å². The van der Waals surface area contributed by atoms with E-state index < -0.39 is 0 Å². The van der Waals surface area contributed by atoms with Crippen LogP contribution in [0.1, 0.15) is 25.3 Å². The molecule has 1 fully saturated rings. The predicted octanol–water partition coefficient (Wildman–Crippen LogP) is 2.50. The summed E-state index contributed by atoms with van der Waals surface area (Å²) in [4.78, 5) is 0. The molecule has 0 saturated heterocycles. The van der Waals surface area contributed by atoms with E-state index in [1.54, 1.807) is 6.07 Å². The second-order valence-corrected chi connectivity index (χ2v) is 4.55. The molecular formula is C12H16FN. The lowest BCUT2D eigenvalue weighted by atomic mass is 9.89. The lowest BCUT2D eigenvalue weighted by Crippen LogP contribution is -2.41. The normalized spacial score (nSPS) is 20.5. The average Bonchev–Trinajstić information content (AvgIpc) is 2.91. The van der Waals surface area contributed by atoms with Gasteiger partial charge in [0.1, 0.15) is 5.82 Å². The molecule has 0 heterocycles. The molecule has 1 unspecified atom stereocenters. The SMILES string of the molecule is CC(N)(Cc1ccccc1F)C1CC1. The Labute approximate surface area is 84.1 Å². The van der Waals surface area contributed by atoms with Crippen molar-refractivity contribution < 1.29 is 4.39 Å². The van der Waals surface area contributed by atoms with E-state index in [9.17, 15) is 4.39 Å². The zero-order valence-electron chi connectivity index (χ0n) is 8.46. The van der Waals surface area contributed by atoms with Crippen molar-refractivity contribution in [2.24, 2.45) is 11.7 Å². The topological polar surface area (TPSA) is 26.0 Å². The van der Waals surface area contributed by atoms with Gasteiger partial charge in [-0.1, -0.05) is 18.2 Å². The number of hydrogen-bond donors (Lipinski definition) is 1. The Bertz CT molecular complexity index is 329. The maximum atomic E-state index is 13.3. The monoisotopic (exact) mass is 193 g/mol. The summed E-state index contributed by atoms with van der Waals surface area (Å²) in [6.07, 6.45) is 3.03. The minimum absolute atomic E-state index is 0.134. The summed E-state index contributed by atoms with van der Waals surface area (Å²) in [5.74, 6) is 0.451. The van der Waals surface area contributed by atoms with Crippen molar-refractivity contribution in [3.8, 4) is 0 Å². The highest BCUT2D eigenvalue weighted by atomic mass is 19.1. The second-order valence-electron chi connectivity index (χ2n) is 4.55. The van der Waals surface area contributed by atoms with Crippen LogP contribution in [0, 0.1) is 11.7 Å². The number of nitrogens with two attached hydrogens (primary N) is 1. The highest BCUT2D eigenvalue weighted by Crippen LogP contribution is 2.39. The Morgan fingerprint density at radius 1 is 1.43 bits per heavy atom. The number of benzene rings is 1. The highest BCUT2D eigenvalue weighted by molar-refractivity contribution is 5.20. The van der Waals surface area contributed by atoms with E-state index in [2.05, 4.69) is 0 Å². The van der Waals surface area contributed by atoms with Crippen LogP contribution in [0.5, 0.6) is 0 Å². The van der Waals surface area contributed by atoms with Crippen molar-refractivity contribution in [1.29, 1.82) is 0 Å². The Morgan fingerprint density at radius 2 is 2.07 bits per heavy atom. The summed E-state index contributed by atoms with van der Waals surface area (Å²) in [5.41, 5.74) is 6.66. The zero-order valence-corrected chi connectivity index (χ0v) is 8.46. The van der Waals surface area contributed by atoms with Crippen molar-refractivity contribution in [3.05, 3.63) is 35.6 Å². The molecule has 2 N–H and O–H groups in total. The van der Waals surface area contributed by atoms with Gasteiger partial charge in [-0.25, -0.2) is 4.39 Å². The fourth-order valence-electron chi connectivity index (χ4n) is 1.94. The van der Waals surface area contributed by atoms with Crippen LogP contribution in [0.2, 0.25) is 0 Å². The van der Waals surface area contributed by atoms with E-state index in [1.165, 1.54) is 18.9 Å². The summed E-state index contributed by atoms with van der Waals surface area (Å²) < 4.78 is 13.3. The van der Waals surface area contributed by atoms with Crippen molar-refractivity contribution in [3.63, 3.8) is 0 Å². The molecular weight excluding hydrogens is 177 g/mol. The van der Waals surface area contributed by atoms with Crippen LogP contribution in [0.25, 0.3) is 0 Å². The third-order valence-corrected chi connectivity index (χ3v) is 3.04. The molecule has 2 heteroatoms. The number of hydrogen-bond acceptors (Lipinski definition) is 1. The van der Waals surface area contributed by atoms with Gasteiger partial charge >= 0.3 is 0 Å². The third kappa shape index (κ3) is 1.95. The summed E-state index contributed by atoms with van der Waals surface area (Å²) in [6.45, 7) is 2.02. The molecule has 0 aromatic heterocycles. The summed E-state index contributed by atoms with van der Waals surface area (Å²) in [7, 11) is 0. The Kier molecular flexibility index (Phi) is 2.31. The van der Waals surface area contributed by atoms with Crippen LogP contribution in [0.3, 0.4) is 0 Å². The molecule has 0 bridgehead atoms. The molecule has 0 spiro atoms. The first kappa shape index (κ1) is 9.66. The summed E-state index contributed by atoms with van der Waals surface area (Å²) in [6, 6.07) is 6.90. The van der Waals surface area contributed by atoms with Crippen molar-refractivity contribution in [2.45, 2.75) is 31.7 Å². The number of rotatable bonds is 3. The smallest absolute Gasteiger partial charge is 0.126 e. The lowest BCUT2D eigenvalue weighted by Gasteiger charge is -2.24. The van der Waals surface area contributed by atoms with Gasteiger partial charge in [0.2, 0.25) is 0 Å². The fourth-order valence-corrected chi connectivity index (χ4v) is 1.94. The van der Waals surface area contributed by atoms with Crippen LogP contribution in [0.15, 0.2) is 24.3 Å². The molecule has 1 aromatic carbocycles. The minimum Gasteiger partial charge on any atom is -0.325 e. The molecule has 0 amide bonds. The molecule has 0 aliphatic heterocycles. The van der Waals surface area contributed by atoms with Gasteiger partial charge in [-0.3, -0.25) is 0 Å². The summed E-state index contributed by atoms with van der Waals surface area (Å²) in [5, 5.41) is 0. The Morgan fingerprint density at radius 3 is 2.64 bits per heavy atom. The van der Waals surface area contributed by atoms with Crippen LogP contribution >= 0.6 is 0 Å². The zero-order chi connectivity index (χ0) is 10.2. The van der Waals surface area contributed by atoms with E-state index >= 15 is 0 Å². The van der Waals surface area contributed by atoms with Gasteiger partial charge in [-0.2, -0.15) is 0 Å². The first-order chi connectivity index (χ1) is 6.59. The molecule has 1 nitrogen and oxygen atoms in total. The third-order valence-electron chi connectivity index (χ3n) is 3.04. The van der Waals surface area contributed by atoms with E-state index in [0.29, 0.717) is 12.3 Å².